The summed E-state index contributed by atoms with van der Waals surface area (Å²) in [6, 6.07) is 8.44. The summed E-state index contributed by atoms with van der Waals surface area (Å²) in [6.45, 7) is 1.40. The number of nitrogens with zero attached hydrogens (tertiary/aromatic N) is 1. The first-order valence-electron chi connectivity index (χ1n) is 9.54. The third kappa shape index (κ3) is 5.93. The van der Waals surface area contributed by atoms with Crippen LogP contribution >= 0.6 is 39.3 Å². The summed E-state index contributed by atoms with van der Waals surface area (Å²) in [6.07, 6.45) is 1.42. The highest BCUT2D eigenvalue weighted by molar-refractivity contribution is 9.10. The fourth-order valence-electron chi connectivity index (χ4n) is 2.76. The lowest BCUT2D eigenvalue weighted by molar-refractivity contribution is -0.143. The second-order valence-electron chi connectivity index (χ2n) is 6.60. The molecule has 0 saturated carbocycles. The van der Waals surface area contributed by atoms with Crippen molar-refractivity contribution in [2.24, 2.45) is 0 Å². The van der Waals surface area contributed by atoms with Crippen LogP contribution in [0, 0.1) is 0 Å². The van der Waals surface area contributed by atoms with Crippen LogP contribution < -0.4 is 8.92 Å². The molecule has 1 aliphatic rings. The molecule has 0 aromatic heterocycles. The topological polar surface area (TPSA) is 116 Å². The molecule has 0 bridgehead atoms. The number of ether oxygens (including phenoxy) is 2. The van der Waals surface area contributed by atoms with E-state index < -0.39 is 33.8 Å². The van der Waals surface area contributed by atoms with Crippen LogP contribution in [0.4, 0.5) is 4.79 Å². The van der Waals surface area contributed by atoms with Gasteiger partial charge in [-0.3, -0.25) is 19.3 Å². The van der Waals surface area contributed by atoms with E-state index in [1.54, 1.807) is 6.92 Å². The molecule has 1 heterocycles. The Morgan fingerprint density at radius 2 is 1.88 bits per heavy atom. The molecule has 2 amide bonds. The van der Waals surface area contributed by atoms with Gasteiger partial charge in [0.1, 0.15) is 11.4 Å². The number of methoxy groups -OCH3 is 1. The van der Waals surface area contributed by atoms with Crippen molar-refractivity contribution < 1.29 is 36.5 Å². The molecule has 0 unspecified atom stereocenters. The molecule has 0 spiro atoms. The SMILES string of the molecule is CCOc1cc(/C=C2\SC(=O)N(CC(=O)OC)C2=O)cc(Br)c1OS(=O)(=O)c1ccc(Cl)cc1. The van der Waals surface area contributed by atoms with E-state index in [0.29, 0.717) is 22.3 Å². The minimum absolute atomic E-state index is 0.0747. The molecular weight excluding hydrogens is 574 g/mol. The van der Waals surface area contributed by atoms with Gasteiger partial charge in [-0.1, -0.05) is 11.6 Å². The van der Waals surface area contributed by atoms with Gasteiger partial charge in [0.25, 0.3) is 11.1 Å². The summed E-state index contributed by atoms with van der Waals surface area (Å²) in [7, 11) is -3.05. The van der Waals surface area contributed by atoms with E-state index in [1.807, 2.05) is 0 Å². The fourth-order valence-corrected chi connectivity index (χ4v) is 5.32. The average Bonchev–Trinajstić information content (AvgIpc) is 3.03. The molecule has 13 heteroatoms. The lowest BCUT2D eigenvalue weighted by Gasteiger charge is -2.14. The number of amides is 2. The van der Waals surface area contributed by atoms with Crippen LogP contribution in [0.5, 0.6) is 11.5 Å². The second kappa shape index (κ2) is 10.8. The van der Waals surface area contributed by atoms with E-state index in [4.69, 9.17) is 20.5 Å². The van der Waals surface area contributed by atoms with Crippen molar-refractivity contribution in [3.8, 4) is 11.5 Å². The Hall–Kier alpha value is -2.54. The number of hydrogen-bond donors (Lipinski definition) is 0. The highest BCUT2D eigenvalue weighted by Gasteiger charge is 2.36. The van der Waals surface area contributed by atoms with Crippen molar-refractivity contribution in [2.45, 2.75) is 11.8 Å². The lowest BCUT2D eigenvalue weighted by atomic mass is 10.2. The van der Waals surface area contributed by atoms with E-state index in [9.17, 15) is 22.8 Å². The number of carbonyl (C=O) groups excluding carboxylic acids is 3. The molecule has 180 valence electrons. The molecule has 0 aliphatic carbocycles. The van der Waals surface area contributed by atoms with E-state index >= 15 is 0 Å². The molecular formula is C21H17BrClNO8S2. The molecule has 34 heavy (non-hydrogen) atoms. The van der Waals surface area contributed by atoms with Gasteiger partial charge in [0.2, 0.25) is 0 Å². The van der Waals surface area contributed by atoms with Crippen molar-refractivity contribution in [2.75, 3.05) is 20.3 Å². The summed E-state index contributed by atoms with van der Waals surface area (Å²) < 4.78 is 41.1. The first kappa shape index (κ1) is 26.1. The maximum Gasteiger partial charge on any atom is 0.339 e. The summed E-state index contributed by atoms with van der Waals surface area (Å²) in [4.78, 5) is 36.9. The minimum Gasteiger partial charge on any atom is -0.490 e. The summed E-state index contributed by atoms with van der Waals surface area (Å²) in [5.74, 6) is -1.38. The Kier molecular flexibility index (Phi) is 8.29. The zero-order chi connectivity index (χ0) is 25.0. The second-order valence-corrected chi connectivity index (χ2v) is 10.4. The Balaban J connectivity index is 1.94. The van der Waals surface area contributed by atoms with Crippen LogP contribution in [-0.4, -0.2) is 50.7 Å². The van der Waals surface area contributed by atoms with E-state index in [-0.39, 0.29) is 32.4 Å². The van der Waals surface area contributed by atoms with E-state index in [1.165, 1.54) is 42.5 Å². The first-order valence-corrected chi connectivity index (χ1v) is 12.9. The average molecular weight is 591 g/mol. The lowest BCUT2D eigenvalue weighted by Crippen LogP contribution is -2.34. The number of rotatable bonds is 8. The van der Waals surface area contributed by atoms with Gasteiger partial charge >= 0.3 is 16.1 Å². The van der Waals surface area contributed by atoms with E-state index in [2.05, 4.69) is 20.7 Å². The Labute approximate surface area is 213 Å². The quantitative estimate of drug-likeness (QED) is 0.249. The molecule has 9 nitrogen and oxygen atoms in total. The van der Waals surface area contributed by atoms with Crippen LogP contribution in [0.15, 0.2) is 50.7 Å². The van der Waals surface area contributed by atoms with Crippen LogP contribution in [0.3, 0.4) is 0 Å². The number of imide groups is 1. The Morgan fingerprint density at radius 3 is 2.50 bits per heavy atom. The normalized spacial score (nSPS) is 15.1. The summed E-state index contributed by atoms with van der Waals surface area (Å²) in [5.41, 5.74) is 0.426. The highest BCUT2D eigenvalue weighted by Crippen LogP contribution is 2.40. The van der Waals surface area contributed by atoms with Crippen molar-refractivity contribution in [3.63, 3.8) is 0 Å². The van der Waals surface area contributed by atoms with Crippen molar-refractivity contribution in [3.05, 3.63) is 56.4 Å². The van der Waals surface area contributed by atoms with Gasteiger partial charge in [-0.25, -0.2) is 0 Å². The van der Waals surface area contributed by atoms with Crippen molar-refractivity contribution >= 4 is 72.6 Å². The molecule has 3 rings (SSSR count). The van der Waals surface area contributed by atoms with Gasteiger partial charge in [-0.2, -0.15) is 8.42 Å². The Bertz CT molecular complexity index is 1280. The molecule has 0 radical (unpaired) electrons. The zero-order valence-electron chi connectivity index (χ0n) is 17.7. The maximum absolute atomic E-state index is 12.7. The molecule has 1 fully saturated rings. The highest BCUT2D eigenvalue weighted by atomic mass is 79.9. The van der Waals surface area contributed by atoms with Crippen LogP contribution in [0.2, 0.25) is 5.02 Å². The van der Waals surface area contributed by atoms with Gasteiger partial charge in [0, 0.05) is 5.02 Å². The molecule has 0 N–H and O–H groups in total. The van der Waals surface area contributed by atoms with Gasteiger partial charge in [-0.05, 0) is 82.7 Å². The minimum atomic E-state index is -4.20. The molecule has 1 aliphatic heterocycles. The number of benzene rings is 2. The van der Waals surface area contributed by atoms with Crippen LogP contribution in [0.1, 0.15) is 12.5 Å². The number of carbonyl (C=O) groups is 3. The Morgan fingerprint density at radius 1 is 1.21 bits per heavy atom. The number of halogens is 2. The van der Waals surface area contributed by atoms with Crippen molar-refractivity contribution in [1.29, 1.82) is 0 Å². The van der Waals surface area contributed by atoms with Gasteiger partial charge in [-0.15, -0.1) is 0 Å². The predicted molar refractivity (Wildman–Crippen MR) is 129 cm³/mol. The third-order valence-corrected chi connectivity index (χ3v) is 7.30. The maximum atomic E-state index is 12.7. The number of thioether (sulfide) groups is 1. The summed E-state index contributed by atoms with van der Waals surface area (Å²) in [5, 5.41) is -0.241. The van der Waals surface area contributed by atoms with Gasteiger partial charge in [0.05, 0.1) is 23.1 Å². The molecule has 1 saturated heterocycles. The van der Waals surface area contributed by atoms with Crippen molar-refractivity contribution in [1.82, 2.24) is 4.90 Å². The predicted octanol–water partition coefficient (Wildman–Crippen LogP) is 4.48. The van der Waals surface area contributed by atoms with Crippen LogP contribution in [-0.2, 0) is 24.4 Å². The molecule has 2 aromatic carbocycles. The molecule has 2 aromatic rings. The third-order valence-electron chi connectivity index (χ3n) is 4.31. The smallest absolute Gasteiger partial charge is 0.339 e. The number of hydrogen-bond acceptors (Lipinski definition) is 9. The van der Waals surface area contributed by atoms with Gasteiger partial charge < -0.3 is 13.7 Å². The molecule has 0 atom stereocenters. The first-order chi connectivity index (χ1) is 16.1. The van der Waals surface area contributed by atoms with E-state index in [0.717, 1.165) is 12.0 Å². The standard InChI is InChI=1S/C21H17BrClNO8S2/c1-3-31-16-9-12(10-17-20(26)24(21(27)33-17)11-18(25)30-2)8-15(22)19(16)32-34(28,29)14-6-4-13(23)5-7-14/h4-10H,3,11H2,1-2H3/b17-10-. The van der Waals surface area contributed by atoms with Crippen LogP contribution in [0.25, 0.3) is 6.08 Å². The monoisotopic (exact) mass is 589 g/mol. The fraction of sp³-hybridized carbons (Fsp3) is 0.190. The largest absolute Gasteiger partial charge is 0.490 e. The zero-order valence-corrected chi connectivity index (χ0v) is 21.7. The summed E-state index contributed by atoms with van der Waals surface area (Å²) >= 11 is 9.77. The van der Waals surface area contributed by atoms with Gasteiger partial charge in [0.15, 0.2) is 11.5 Å². The number of esters is 1.